The Hall–Kier alpha value is -1.06. The maximum Gasteiger partial charge on any atom is 0.529 e. The first kappa shape index (κ1) is 20.0. The number of hydrogen-bond acceptors (Lipinski definition) is 5. The van der Waals surface area contributed by atoms with E-state index in [1.807, 2.05) is 20.8 Å². The second-order valence-corrected chi connectivity index (χ2v) is 8.98. The Morgan fingerprint density at radius 2 is 1.48 bits per heavy atom. The number of rotatable bonds is 10. The van der Waals surface area contributed by atoms with Gasteiger partial charge in [-0.1, -0.05) is 6.08 Å². The maximum absolute atomic E-state index is 12.9. The van der Waals surface area contributed by atoms with Gasteiger partial charge < -0.3 is 13.3 Å². The van der Waals surface area contributed by atoms with E-state index in [0.717, 1.165) is 12.1 Å². The van der Waals surface area contributed by atoms with Crippen LogP contribution in [0.25, 0.3) is 0 Å². The van der Waals surface area contributed by atoms with E-state index >= 15 is 0 Å². The normalized spacial score (nSPS) is 12.9. The van der Waals surface area contributed by atoms with Crippen molar-refractivity contribution < 1.29 is 26.1 Å². The maximum atomic E-state index is 12.9. The molecule has 0 heterocycles. The van der Waals surface area contributed by atoms with Crippen LogP contribution in [0.2, 0.25) is 0 Å². The van der Waals surface area contributed by atoms with Crippen molar-refractivity contribution in [3.63, 3.8) is 0 Å². The van der Waals surface area contributed by atoms with Crippen LogP contribution in [-0.4, -0.2) is 42.8 Å². The standard InChI is InChI=1S/C15H23FO5SSi/c1-4-19-23(20-5-2,21-6-3)13-7-12-22(17,18)15-10-8-14(16)9-11-15/h7-11,13H,4-6,12H2,1-3H3/b13-7+. The largest absolute Gasteiger partial charge is 0.529 e. The zero-order valence-corrected chi connectivity index (χ0v) is 15.4. The van der Waals surface area contributed by atoms with E-state index in [1.165, 1.54) is 18.2 Å². The van der Waals surface area contributed by atoms with Crippen LogP contribution in [0.15, 0.2) is 40.9 Å². The van der Waals surface area contributed by atoms with Crippen LogP contribution in [0, 0.1) is 5.82 Å². The highest BCUT2D eigenvalue weighted by molar-refractivity contribution is 7.91. The van der Waals surface area contributed by atoms with Crippen LogP contribution in [-0.2, 0) is 23.1 Å². The van der Waals surface area contributed by atoms with Gasteiger partial charge in [0.05, 0.1) is 10.6 Å². The second-order valence-electron chi connectivity index (χ2n) is 4.54. The van der Waals surface area contributed by atoms with E-state index in [4.69, 9.17) is 13.3 Å². The van der Waals surface area contributed by atoms with Crippen molar-refractivity contribution in [1.29, 1.82) is 0 Å². The molecular formula is C15H23FO5SSi. The summed E-state index contributed by atoms with van der Waals surface area (Å²) in [6, 6.07) is 4.74. The summed E-state index contributed by atoms with van der Waals surface area (Å²) >= 11 is 0. The van der Waals surface area contributed by atoms with E-state index in [0.29, 0.717) is 19.8 Å². The summed E-state index contributed by atoms with van der Waals surface area (Å²) in [5, 5.41) is 0. The molecule has 0 aliphatic carbocycles. The van der Waals surface area contributed by atoms with Gasteiger partial charge >= 0.3 is 8.80 Å². The Bertz CT molecular complexity index is 584. The highest BCUT2D eigenvalue weighted by Crippen LogP contribution is 2.15. The molecule has 0 aromatic heterocycles. The quantitative estimate of drug-likeness (QED) is 0.473. The lowest BCUT2D eigenvalue weighted by Crippen LogP contribution is -2.44. The van der Waals surface area contributed by atoms with E-state index < -0.39 is 24.5 Å². The highest BCUT2D eigenvalue weighted by Gasteiger charge is 2.37. The lowest BCUT2D eigenvalue weighted by molar-refractivity contribution is 0.0842. The van der Waals surface area contributed by atoms with Crippen molar-refractivity contribution >= 4 is 18.6 Å². The summed E-state index contributed by atoms with van der Waals surface area (Å²) in [4.78, 5) is 0.0695. The SMILES string of the molecule is CCO[Si](/C=C/CS(=O)(=O)c1ccc(F)cc1)(OCC)OCC. The molecule has 0 radical (unpaired) electrons. The molecule has 0 amide bonds. The molecule has 8 heteroatoms. The number of hydrogen-bond donors (Lipinski definition) is 0. The van der Waals surface area contributed by atoms with Gasteiger partial charge in [0, 0.05) is 19.8 Å². The topological polar surface area (TPSA) is 61.8 Å². The van der Waals surface area contributed by atoms with Crippen LogP contribution in [0.1, 0.15) is 20.8 Å². The summed E-state index contributed by atoms with van der Waals surface area (Å²) < 4.78 is 54.2. The third-order valence-electron chi connectivity index (χ3n) is 2.85. The molecule has 130 valence electrons. The molecule has 0 aliphatic heterocycles. The first-order valence-corrected chi connectivity index (χ1v) is 10.9. The Labute approximate surface area is 138 Å². The molecule has 5 nitrogen and oxygen atoms in total. The first-order valence-electron chi connectivity index (χ1n) is 7.47. The molecule has 23 heavy (non-hydrogen) atoms. The van der Waals surface area contributed by atoms with Gasteiger partial charge in [-0.05, 0) is 50.7 Å². The molecule has 1 aromatic rings. The van der Waals surface area contributed by atoms with Gasteiger partial charge in [0.15, 0.2) is 9.84 Å². The summed E-state index contributed by atoms with van der Waals surface area (Å²) in [6.07, 6.45) is 1.48. The van der Waals surface area contributed by atoms with Gasteiger partial charge in [0.25, 0.3) is 0 Å². The van der Waals surface area contributed by atoms with E-state index in [2.05, 4.69) is 0 Å². The Kier molecular flexibility index (Phi) is 8.07. The lowest BCUT2D eigenvalue weighted by Gasteiger charge is -2.25. The molecule has 0 unspecified atom stereocenters. The van der Waals surface area contributed by atoms with Crippen molar-refractivity contribution in [2.45, 2.75) is 25.7 Å². The minimum atomic E-state index is -3.54. The minimum Gasteiger partial charge on any atom is -0.371 e. The molecule has 0 saturated heterocycles. The molecule has 0 fully saturated rings. The third kappa shape index (κ3) is 6.15. The van der Waals surface area contributed by atoms with Gasteiger partial charge in [-0.25, -0.2) is 12.8 Å². The fourth-order valence-electron chi connectivity index (χ4n) is 1.93. The number of benzene rings is 1. The molecule has 0 atom stereocenters. The molecule has 0 bridgehead atoms. The number of sulfone groups is 1. The number of halogens is 1. The Balaban J connectivity index is 2.89. The second kappa shape index (κ2) is 9.29. The summed E-state index contributed by atoms with van der Waals surface area (Å²) in [5.74, 6) is -0.712. The zero-order valence-electron chi connectivity index (χ0n) is 13.6. The summed E-state index contributed by atoms with van der Waals surface area (Å²) in [6.45, 7) is 6.68. The fraction of sp³-hybridized carbons (Fsp3) is 0.467. The predicted molar refractivity (Wildman–Crippen MR) is 88.2 cm³/mol. The highest BCUT2D eigenvalue weighted by atomic mass is 32.2. The zero-order chi connectivity index (χ0) is 17.3. The van der Waals surface area contributed by atoms with Crippen molar-refractivity contribution in [1.82, 2.24) is 0 Å². The van der Waals surface area contributed by atoms with Gasteiger partial charge in [0.1, 0.15) is 5.82 Å². The van der Waals surface area contributed by atoms with E-state index in [9.17, 15) is 12.8 Å². The van der Waals surface area contributed by atoms with Crippen LogP contribution in [0.5, 0.6) is 0 Å². The van der Waals surface area contributed by atoms with Crippen LogP contribution >= 0.6 is 0 Å². The molecule has 0 aliphatic rings. The van der Waals surface area contributed by atoms with E-state index in [-0.39, 0.29) is 10.6 Å². The fourth-order valence-corrected chi connectivity index (χ4v) is 5.35. The van der Waals surface area contributed by atoms with Crippen molar-refractivity contribution in [2.75, 3.05) is 25.6 Å². The molecule has 0 spiro atoms. The summed E-state index contributed by atoms with van der Waals surface area (Å²) in [5.41, 5.74) is 1.59. The van der Waals surface area contributed by atoms with Crippen LogP contribution < -0.4 is 0 Å². The van der Waals surface area contributed by atoms with Crippen LogP contribution in [0.3, 0.4) is 0 Å². The minimum absolute atomic E-state index is 0.0695. The van der Waals surface area contributed by atoms with E-state index in [1.54, 1.807) is 5.70 Å². The lowest BCUT2D eigenvalue weighted by atomic mass is 10.4. The van der Waals surface area contributed by atoms with Gasteiger partial charge in [0.2, 0.25) is 0 Å². The first-order chi connectivity index (χ1) is 10.9. The average molecular weight is 362 g/mol. The molecule has 0 saturated carbocycles. The van der Waals surface area contributed by atoms with Gasteiger partial charge in [-0.15, -0.1) is 0 Å². The van der Waals surface area contributed by atoms with Crippen LogP contribution in [0.4, 0.5) is 4.39 Å². The molecule has 0 N–H and O–H groups in total. The summed E-state index contributed by atoms with van der Waals surface area (Å²) in [7, 11) is -6.55. The van der Waals surface area contributed by atoms with Crippen molar-refractivity contribution in [3.05, 3.63) is 41.9 Å². The van der Waals surface area contributed by atoms with Crippen molar-refractivity contribution in [2.24, 2.45) is 0 Å². The Morgan fingerprint density at radius 3 is 1.91 bits per heavy atom. The average Bonchev–Trinajstić information content (AvgIpc) is 2.48. The molecular weight excluding hydrogens is 339 g/mol. The molecule has 1 rings (SSSR count). The van der Waals surface area contributed by atoms with Crippen molar-refractivity contribution in [3.8, 4) is 0 Å². The monoisotopic (exact) mass is 362 g/mol. The van der Waals surface area contributed by atoms with Gasteiger partial charge in [-0.2, -0.15) is 0 Å². The third-order valence-corrected chi connectivity index (χ3v) is 7.19. The Morgan fingerprint density at radius 1 is 1.00 bits per heavy atom. The molecule has 1 aromatic carbocycles. The smallest absolute Gasteiger partial charge is 0.371 e. The van der Waals surface area contributed by atoms with Gasteiger partial charge in [-0.3, -0.25) is 0 Å². The predicted octanol–water partition coefficient (Wildman–Crippen LogP) is 2.74.